The Hall–Kier alpha value is -0.780. The molecule has 0 aromatic heterocycles. The van der Waals surface area contributed by atoms with Gasteiger partial charge < -0.3 is 0 Å². The van der Waals surface area contributed by atoms with Crippen LogP contribution in [0, 0.1) is 6.92 Å². The number of benzene rings is 1. The van der Waals surface area contributed by atoms with Crippen LogP contribution in [0.25, 0.3) is 0 Å². The van der Waals surface area contributed by atoms with E-state index < -0.39 is 0 Å². The summed E-state index contributed by atoms with van der Waals surface area (Å²) in [5.74, 6) is 0. The molecule has 1 radical (unpaired) electrons. The Kier molecular flexibility index (Phi) is 6.96. The van der Waals surface area contributed by atoms with Gasteiger partial charge >= 0.3 is 0 Å². The fourth-order valence-electron chi connectivity index (χ4n) is 2.15. The summed E-state index contributed by atoms with van der Waals surface area (Å²) in [6.07, 6.45) is 10.2. The Morgan fingerprint density at radius 2 is 1.50 bits per heavy atom. The van der Waals surface area contributed by atoms with Crippen molar-refractivity contribution in [3.8, 4) is 0 Å². The first-order valence-electron chi connectivity index (χ1n) is 6.74. The lowest BCUT2D eigenvalue weighted by Gasteiger charge is -2.08. The summed E-state index contributed by atoms with van der Waals surface area (Å²) < 4.78 is 0. The molecule has 0 saturated carbocycles. The van der Waals surface area contributed by atoms with E-state index in [0.717, 1.165) is 12.8 Å². The molecule has 1 aromatic carbocycles. The van der Waals surface area contributed by atoms with Crippen LogP contribution >= 0.6 is 0 Å². The van der Waals surface area contributed by atoms with E-state index in [4.69, 9.17) is 0 Å². The van der Waals surface area contributed by atoms with Crippen molar-refractivity contribution in [2.24, 2.45) is 0 Å². The maximum Gasteiger partial charge on any atom is -0.0276 e. The first-order chi connectivity index (χ1) is 7.88. The molecular weight excluding hydrogens is 192 g/mol. The SMILES string of the molecule is [CH2]CCc1ccccc1CCCCCCC. The summed E-state index contributed by atoms with van der Waals surface area (Å²) in [5.41, 5.74) is 3.05. The highest BCUT2D eigenvalue weighted by Gasteiger charge is 2.00. The lowest BCUT2D eigenvalue weighted by molar-refractivity contribution is 0.630. The number of aryl methyl sites for hydroxylation is 2. The van der Waals surface area contributed by atoms with Gasteiger partial charge in [-0.3, -0.25) is 0 Å². The van der Waals surface area contributed by atoms with Crippen LogP contribution in [-0.4, -0.2) is 0 Å². The Morgan fingerprint density at radius 1 is 0.875 bits per heavy atom. The third-order valence-electron chi connectivity index (χ3n) is 3.11. The zero-order valence-corrected chi connectivity index (χ0v) is 10.7. The summed E-state index contributed by atoms with van der Waals surface area (Å²) in [4.78, 5) is 0. The van der Waals surface area contributed by atoms with Crippen LogP contribution in [0.4, 0.5) is 0 Å². The second kappa shape index (κ2) is 8.38. The molecule has 0 heteroatoms. The molecule has 0 N–H and O–H groups in total. The van der Waals surface area contributed by atoms with Crippen molar-refractivity contribution in [3.63, 3.8) is 0 Å². The molecule has 0 fully saturated rings. The monoisotopic (exact) mass is 217 g/mol. The summed E-state index contributed by atoms with van der Waals surface area (Å²) in [6, 6.07) is 8.84. The lowest BCUT2D eigenvalue weighted by Crippen LogP contribution is -1.94. The predicted molar refractivity (Wildman–Crippen MR) is 72.6 cm³/mol. The van der Waals surface area contributed by atoms with Crippen molar-refractivity contribution in [2.75, 3.05) is 0 Å². The molecule has 0 aliphatic carbocycles. The minimum absolute atomic E-state index is 1.01. The average Bonchev–Trinajstić information content (AvgIpc) is 2.31. The highest BCUT2D eigenvalue weighted by molar-refractivity contribution is 5.27. The fourth-order valence-corrected chi connectivity index (χ4v) is 2.15. The van der Waals surface area contributed by atoms with E-state index in [0.29, 0.717) is 0 Å². The number of rotatable bonds is 8. The van der Waals surface area contributed by atoms with E-state index in [2.05, 4.69) is 38.1 Å². The first-order valence-corrected chi connectivity index (χ1v) is 6.74. The molecule has 0 heterocycles. The molecule has 0 amide bonds. The molecular formula is C16H25. The Balaban J connectivity index is 2.34. The summed E-state index contributed by atoms with van der Waals surface area (Å²) in [6.45, 7) is 6.21. The van der Waals surface area contributed by atoms with Gasteiger partial charge in [-0.1, -0.05) is 63.8 Å². The zero-order valence-electron chi connectivity index (χ0n) is 10.7. The second-order valence-corrected chi connectivity index (χ2v) is 4.54. The van der Waals surface area contributed by atoms with Crippen molar-refractivity contribution in [3.05, 3.63) is 42.3 Å². The standard InChI is InChI=1S/C16H25/c1-3-5-6-7-8-12-16-14-10-9-13-15(16)11-4-2/h9-10,13-14H,2-8,11-12H2,1H3. The maximum absolute atomic E-state index is 3.94. The van der Waals surface area contributed by atoms with Gasteiger partial charge in [-0.2, -0.15) is 0 Å². The quantitative estimate of drug-likeness (QED) is 0.539. The van der Waals surface area contributed by atoms with Crippen molar-refractivity contribution in [1.82, 2.24) is 0 Å². The topological polar surface area (TPSA) is 0 Å². The number of unbranched alkanes of at least 4 members (excludes halogenated alkanes) is 4. The molecule has 0 bridgehead atoms. The highest BCUT2D eigenvalue weighted by atomic mass is 14.1. The van der Waals surface area contributed by atoms with Crippen LogP contribution in [0.2, 0.25) is 0 Å². The van der Waals surface area contributed by atoms with E-state index in [1.54, 1.807) is 5.56 Å². The molecule has 0 aliphatic heterocycles. The third kappa shape index (κ3) is 4.83. The molecule has 0 saturated heterocycles. The summed E-state index contributed by atoms with van der Waals surface area (Å²) in [5, 5.41) is 0. The van der Waals surface area contributed by atoms with E-state index in [1.807, 2.05) is 0 Å². The number of hydrogen-bond acceptors (Lipinski definition) is 0. The molecule has 1 aromatic rings. The summed E-state index contributed by atoms with van der Waals surface area (Å²) in [7, 11) is 0. The van der Waals surface area contributed by atoms with Gasteiger partial charge in [0.05, 0.1) is 0 Å². The highest BCUT2D eigenvalue weighted by Crippen LogP contribution is 2.15. The van der Waals surface area contributed by atoms with E-state index >= 15 is 0 Å². The average molecular weight is 217 g/mol. The van der Waals surface area contributed by atoms with Crippen molar-refractivity contribution >= 4 is 0 Å². The van der Waals surface area contributed by atoms with Gasteiger partial charge in [0.25, 0.3) is 0 Å². The maximum atomic E-state index is 3.94. The largest absolute Gasteiger partial charge is 0.0654 e. The van der Waals surface area contributed by atoms with Gasteiger partial charge in [0.1, 0.15) is 0 Å². The van der Waals surface area contributed by atoms with Crippen molar-refractivity contribution < 1.29 is 0 Å². The number of hydrogen-bond donors (Lipinski definition) is 0. The second-order valence-electron chi connectivity index (χ2n) is 4.54. The Bertz CT molecular complexity index is 275. The fraction of sp³-hybridized carbons (Fsp3) is 0.562. The zero-order chi connectivity index (χ0) is 11.6. The first kappa shape index (κ1) is 13.3. The van der Waals surface area contributed by atoms with Crippen LogP contribution in [0.15, 0.2) is 24.3 Å². The van der Waals surface area contributed by atoms with E-state index in [-0.39, 0.29) is 0 Å². The third-order valence-corrected chi connectivity index (χ3v) is 3.11. The van der Waals surface area contributed by atoms with E-state index in [1.165, 1.54) is 44.1 Å². The Labute approximate surface area is 101 Å². The molecule has 1 rings (SSSR count). The van der Waals surface area contributed by atoms with Gasteiger partial charge in [-0.05, 0) is 36.8 Å². The van der Waals surface area contributed by atoms with Gasteiger partial charge in [-0.25, -0.2) is 0 Å². The van der Waals surface area contributed by atoms with Gasteiger partial charge in [0.2, 0.25) is 0 Å². The molecule has 16 heavy (non-hydrogen) atoms. The minimum Gasteiger partial charge on any atom is -0.0654 e. The smallest absolute Gasteiger partial charge is 0.0276 e. The molecule has 0 spiro atoms. The van der Waals surface area contributed by atoms with E-state index in [9.17, 15) is 0 Å². The molecule has 0 unspecified atom stereocenters. The lowest BCUT2D eigenvalue weighted by atomic mass is 9.98. The van der Waals surface area contributed by atoms with Crippen LogP contribution in [0.1, 0.15) is 56.6 Å². The molecule has 0 aliphatic rings. The van der Waals surface area contributed by atoms with Crippen molar-refractivity contribution in [2.45, 2.75) is 58.3 Å². The van der Waals surface area contributed by atoms with Crippen LogP contribution in [0.3, 0.4) is 0 Å². The van der Waals surface area contributed by atoms with Crippen LogP contribution in [0.5, 0.6) is 0 Å². The Morgan fingerprint density at radius 3 is 2.12 bits per heavy atom. The van der Waals surface area contributed by atoms with Gasteiger partial charge in [0, 0.05) is 0 Å². The molecule has 0 atom stereocenters. The summed E-state index contributed by atoms with van der Waals surface area (Å²) >= 11 is 0. The van der Waals surface area contributed by atoms with Gasteiger partial charge in [0.15, 0.2) is 0 Å². The van der Waals surface area contributed by atoms with Crippen LogP contribution in [-0.2, 0) is 12.8 Å². The minimum atomic E-state index is 1.01. The van der Waals surface area contributed by atoms with Crippen LogP contribution < -0.4 is 0 Å². The normalized spacial score (nSPS) is 10.6. The molecule has 0 nitrogen and oxygen atoms in total. The molecule has 89 valence electrons. The van der Waals surface area contributed by atoms with Crippen molar-refractivity contribution in [1.29, 1.82) is 0 Å². The van der Waals surface area contributed by atoms with Gasteiger partial charge in [-0.15, -0.1) is 0 Å². The predicted octanol–water partition coefficient (Wildman–Crippen LogP) is 4.97.